The summed E-state index contributed by atoms with van der Waals surface area (Å²) in [7, 11) is 3.02. The molecule has 0 radical (unpaired) electrons. The van der Waals surface area contributed by atoms with Crippen LogP contribution in [0.1, 0.15) is 21.5 Å². The second kappa shape index (κ2) is 9.61. The average molecular weight is 374 g/mol. The second-order valence-corrected chi connectivity index (χ2v) is 5.60. The molecule has 0 amide bonds. The van der Waals surface area contributed by atoms with E-state index in [0.717, 1.165) is 0 Å². The maximum Gasteiger partial charge on any atom is 0.189 e. The third-order valence-electron chi connectivity index (χ3n) is 3.74. The smallest absolute Gasteiger partial charge is 0.189 e. The molecule has 0 bridgehead atoms. The summed E-state index contributed by atoms with van der Waals surface area (Å²) in [5, 5.41) is 19.6. The van der Waals surface area contributed by atoms with E-state index in [2.05, 4.69) is 0 Å². The minimum atomic E-state index is -0.409. The van der Waals surface area contributed by atoms with Crippen LogP contribution >= 0.6 is 0 Å². The molecule has 2 aromatic carbocycles. The van der Waals surface area contributed by atoms with Crippen molar-refractivity contribution in [1.29, 1.82) is 0 Å². The summed E-state index contributed by atoms with van der Waals surface area (Å²) < 4.78 is 20.7. The van der Waals surface area contributed by atoms with Crippen molar-refractivity contribution in [2.24, 2.45) is 0 Å². The second-order valence-electron chi connectivity index (χ2n) is 5.60. The molecule has 0 aliphatic rings. The molecule has 0 heterocycles. The highest BCUT2D eigenvalue weighted by Gasteiger charge is 2.13. The number of rotatable bonds is 9. The van der Waals surface area contributed by atoms with Crippen molar-refractivity contribution in [2.75, 3.05) is 27.8 Å². The highest BCUT2D eigenvalue weighted by Crippen LogP contribution is 2.31. The number of hydrogen-bond donors (Lipinski definition) is 2. The normalized spacial score (nSPS) is 10.9. The van der Waals surface area contributed by atoms with E-state index < -0.39 is 5.78 Å². The fourth-order valence-corrected chi connectivity index (χ4v) is 2.26. The van der Waals surface area contributed by atoms with Gasteiger partial charge in [0, 0.05) is 31.4 Å². The molecule has 0 fully saturated rings. The van der Waals surface area contributed by atoms with Gasteiger partial charge in [0.15, 0.2) is 19.4 Å². The lowest BCUT2D eigenvalue weighted by molar-refractivity contribution is 0.0459. The number of allylic oxidation sites excluding steroid dienone is 1. The molecule has 0 saturated carbocycles. The first-order valence-electron chi connectivity index (χ1n) is 8.09. The van der Waals surface area contributed by atoms with Crippen molar-refractivity contribution in [3.8, 4) is 23.0 Å². The van der Waals surface area contributed by atoms with Crippen LogP contribution in [-0.2, 0) is 9.47 Å². The van der Waals surface area contributed by atoms with E-state index in [1.54, 1.807) is 24.3 Å². The number of phenols is 2. The van der Waals surface area contributed by atoms with Gasteiger partial charge in [-0.15, -0.1) is 0 Å². The molecule has 7 nitrogen and oxygen atoms in total. The SMILES string of the molecule is COCOc1ccc(/C=C/C(=O)c2ccc(O)c(C)c2O)c(OCOC)c1. The monoisotopic (exact) mass is 374 g/mol. The maximum atomic E-state index is 12.4. The van der Waals surface area contributed by atoms with E-state index in [1.165, 1.54) is 39.4 Å². The molecule has 144 valence electrons. The molecule has 2 N–H and O–H groups in total. The molecule has 2 rings (SSSR count). The van der Waals surface area contributed by atoms with E-state index in [4.69, 9.17) is 18.9 Å². The number of ether oxygens (including phenoxy) is 4. The van der Waals surface area contributed by atoms with Gasteiger partial charge in [-0.3, -0.25) is 4.79 Å². The molecule has 0 unspecified atom stereocenters. The summed E-state index contributed by atoms with van der Waals surface area (Å²) in [6.07, 6.45) is 2.88. The first kappa shape index (κ1) is 20.3. The zero-order chi connectivity index (χ0) is 19.8. The van der Waals surface area contributed by atoms with Gasteiger partial charge in [-0.2, -0.15) is 0 Å². The number of carbonyl (C=O) groups is 1. The van der Waals surface area contributed by atoms with Gasteiger partial charge < -0.3 is 29.2 Å². The van der Waals surface area contributed by atoms with Crippen molar-refractivity contribution in [3.63, 3.8) is 0 Å². The first-order valence-corrected chi connectivity index (χ1v) is 8.09. The van der Waals surface area contributed by atoms with Crippen molar-refractivity contribution >= 4 is 11.9 Å². The summed E-state index contributed by atoms with van der Waals surface area (Å²) in [4.78, 5) is 12.4. The van der Waals surface area contributed by atoms with Gasteiger partial charge in [0.1, 0.15) is 23.0 Å². The molecule has 0 aromatic heterocycles. The average Bonchev–Trinajstić information content (AvgIpc) is 2.67. The number of ketones is 1. The van der Waals surface area contributed by atoms with Gasteiger partial charge in [0.05, 0.1) is 5.56 Å². The molecule has 7 heteroatoms. The Balaban J connectivity index is 2.26. The van der Waals surface area contributed by atoms with Crippen molar-refractivity contribution < 1.29 is 34.0 Å². The topological polar surface area (TPSA) is 94.5 Å². The fraction of sp³-hybridized carbons (Fsp3) is 0.250. The van der Waals surface area contributed by atoms with Crippen LogP contribution in [0.15, 0.2) is 36.4 Å². The molecule has 0 saturated heterocycles. The minimum absolute atomic E-state index is 0.0282. The van der Waals surface area contributed by atoms with E-state index in [1.807, 2.05) is 0 Å². The third-order valence-corrected chi connectivity index (χ3v) is 3.74. The van der Waals surface area contributed by atoms with Crippen LogP contribution in [-0.4, -0.2) is 43.8 Å². The number of benzene rings is 2. The zero-order valence-electron chi connectivity index (χ0n) is 15.4. The molecule has 27 heavy (non-hydrogen) atoms. The Kier molecular flexibility index (Phi) is 7.22. The van der Waals surface area contributed by atoms with Gasteiger partial charge in [-0.25, -0.2) is 0 Å². The fourth-order valence-electron chi connectivity index (χ4n) is 2.26. The summed E-state index contributed by atoms with van der Waals surface area (Å²) in [6, 6.07) is 7.83. The Bertz CT molecular complexity index is 827. The molecular weight excluding hydrogens is 352 g/mol. The van der Waals surface area contributed by atoms with Crippen molar-refractivity contribution in [3.05, 3.63) is 53.1 Å². The Hall–Kier alpha value is -3.03. The highest BCUT2D eigenvalue weighted by molar-refractivity contribution is 6.09. The molecule has 0 aliphatic carbocycles. The summed E-state index contributed by atoms with van der Waals surface area (Å²) in [6.45, 7) is 1.65. The minimum Gasteiger partial charge on any atom is -0.508 e. The Morgan fingerprint density at radius 2 is 1.74 bits per heavy atom. The lowest BCUT2D eigenvalue weighted by Crippen LogP contribution is -2.03. The number of methoxy groups -OCH3 is 2. The number of aromatic hydroxyl groups is 2. The van der Waals surface area contributed by atoms with Gasteiger partial charge >= 0.3 is 0 Å². The Morgan fingerprint density at radius 1 is 1.04 bits per heavy atom. The highest BCUT2D eigenvalue weighted by atomic mass is 16.7. The van der Waals surface area contributed by atoms with Crippen molar-refractivity contribution in [2.45, 2.75) is 6.92 Å². The van der Waals surface area contributed by atoms with Crippen molar-refractivity contribution in [1.82, 2.24) is 0 Å². The van der Waals surface area contributed by atoms with Gasteiger partial charge in [0.2, 0.25) is 0 Å². The van der Waals surface area contributed by atoms with Gasteiger partial charge in [0.25, 0.3) is 0 Å². The number of carbonyl (C=O) groups excluding carboxylic acids is 1. The summed E-state index contributed by atoms with van der Waals surface area (Å²) >= 11 is 0. The van der Waals surface area contributed by atoms with Crippen LogP contribution in [0, 0.1) is 6.92 Å². The lowest BCUT2D eigenvalue weighted by Gasteiger charge is -2.11. The molecule has 0 spiro atoms. The van der Waals surface area contributed by atoms with E-state index >= 15 is 0 Å². The molecule has 0 aliphatic heterocycles. The Labute approximate surface area is 157 Å². The van der Waals surface area contributed by atoms with E-state index in [-0.39, 0.29) is 36.2 Å². The molecule has 2 aromatic rings. The van der Waals surface area contributed by atoms with Crippen LogP contribution in [0.4, 0.5) is 0 Å². The predicted molar refractivity (Wildman–Crippen MR) is 99.3 cm³/mol. The molecule has 0 atom stereocenters. The summed E-state index contributed by atoms with van der Waals surface area (Å²) in [5.41, 5.74) is 0.971. The Morgan fingerprint density at radius 3 is 2.44 bits per heavy atom. The van der Waals surface area contributed by atoms with Crippen LogP contribution in [0.25, 0.3) is 6.08 Å². The van der Waals surface area contributed by atoms with Crippen LogP contribution in [0.2, 0.25) is 0 Å². The van der Waals surface area contributed by atoms with Gasteiger partial charge in [-0.1, -0.05) is 0 Å². The standard InChI is InChI=1S/C20H22O7/c1-13-17(21)9-7-16(20(13)23)18(22)8-5-14-4-6-15(26-11-24-2)10-19(14)27-12-25-3/h4-10,21,23H,11-12H2,1-3H3/b8-5+. The molecular formula is C20H22O7. The first-order chi connectivity index (χ1) is 13.0. The maximum absolute atomic E-state index is 12.4. The largest absolute Gasteiger partial charge is 0.508 e. The van der Waals surface area contributed by atoms with Gasteiger partial charge in [-0.05, 0) is 43.3 Å². The van der Waals surface area contributed by atoms with Crippen LogP contribution in [0.3, 0.4) is 0 Å². The van der Waals surface area contributed by atoms with E-state index in [9.17, 15) is 15.0 Å². The van der Waals surface area contributed by atoms with E-state index in [0.29, 0.717) is 17.1 Å². The predicted octanol–water partition coefficient (Wildman–Crippen LogP) is 3.27. The third kappa shape index (κ3) is 5.22. The summed E-state index contributed by atoms with van der Waals surface area (Å²) in [5.74, 6) is 0.269. The quantitative estimate of drug-likeness (QED) is 0.395. The number of phenolic OH excluding ortho intramolecular Hbond substituents is 2. The lowest BCUT2D eigenvalue weighted by atomic mass is 10.0. The number of hydrogen-bond acceptors (Lipinski definition) is 7. The van der Waals surface area contributed by atoms with Crippen LogP contribution in [0.5, 0.6) is 23.0 Å². The van der Waals surface area contributed by atoms with Crippen LogP contribution < -0.4 is 9.47 Å². The zero-order valence-corrected chi connectivity index (χ0v) is 15.4.